The molecule has 0 unspecified atom stereocenters. The first-order valence-electron chi connectivity index (χ1n) is 6.72. The summed E-state index contributed by atoms with van der Waals surface area (Å²) in [5, 5.41) is 15.5. The van der Waals surface area contributed by atoms with Crippen LogP contribution in [0, 0.1) is 10.1 Å². The van der Waals surface area contributed by atoms with Crippen molar-refractivity contribution in [3.63, 3.8) is 0 Å². The van der Waals surface area contributed by atoms with E-state index in [1.165, 1.54) is 23.5 Å². The van der Waals surface area contributed by atoms with Gasteiger partial charge in [-0.3, -0.25) is 20.2 Å². The summed E-state index contributed by atoms with van der Waals surface area (Å²) in [4.78, 5) is 26.9. The zero-order valence-electron chi connectivity index (χ0n) is 12.4. The van der Waals surface area contributed by atoms with E-state index >= 15 is 0 Å². The van der Waals surface area contributed by atoms with Crippen molar-refractivity contribution in [3.05, 3.63) is 56.8 Å². The zero-order chi connectivity index (χ0) is 17.1. The van der Waals surface area contributed by atoms with E-state index in [2.05, 4.69) is 10.3 Å². The molecule has 0 aliphatic rings. The minimum atomic E-state index is -0.521. The molecule has 0 fully saturated rings. The molecule has 7 nitrogen and oxygen atoms in total. The summed E-state index contributed by atoms with van der Waals surface area (Å²) in [5.41, 5.74) is 1.63. The Bertz CT molecular complexity index is 886. The molecule has 9 heteroatoms. The fourth-order valence-electron chi connectivity index (χ4n) is 1.93. The number of carbonyl (C=O) groups is 1. The molecule has 0 radical (unpaired) electrons. The average molecular weight is 361 g/mol. The van der Waals surface area contributed by atoms with Crippen LogP contribution in [0.3, 0.4) is 0 Å². The molecule has 0 aliphatic carbocycles. The number of amides is 1. The molecule has 0 saturated carbocycles. The Morgan fingerprint density at radius 1 is 1.25 bits per heavy atom. The lowest BCUT2D eigenvalue weighted by Gasteiger charge is -2.00. The smallest absolute Gasteiger partial charge is 0.324 e. The van der Waals surface area contributed by atoms with Crippen molar-refractivity contribution >= 4 is 38.7 Å². The second kappa shape index (κ2) is 6.77. The molecule has 0 spiro atoms. The first-order chi connectivity index (χ1) is 11.6. The van der Waals surface area contributed by atoms with E-state index in [4.69, 9.17) is 4.74 Å². The monoisotopic (exact) mass is 361 g/mol. The van der Waals surface area contributed by atoms with Crippen molar-refractivity contribution in [1.82, 2.24) is 4.98 Å². The van der Waals surface area contributed by atoms with Crippen molar-refractivity contribution in [2.75, 3.05) is 12.4 Å². The van der Waals surface area contributed by atoms with Crippen LogP contribution in [0.15, 0.2) is 41.8 Å². The fourth-order valence-corrected chi connectivity index (χ4v) is 3.36. The average Bonchev–Trinajstić information content (AvgIpc) is 3.24. The minimum Gasteiger partial charge on any atom is -0.497 e. The van der Waals surface area contributed by atoms with Crippen LogP contribution in [0.5, 0.6) is 5.75 Å². The highest BCUT2D eigenvalue weighted by Crippen LogP contribution is 2.28. The number of hydrogen-bond acceptors (Lipinski definition) is 7. The Balaban J connectivity index is 1.72. The summed E-state index contributed by atoms with van der Waals surface area (Å²) >= 11 is 2.11. The van der Waals surface area contributed by atoms with Gasteiger partial charge >= 0.3 is 5.00 Å². The van der Waals surface area contributed by atoms with Crippen LogP contribution in [0.4, 0.5) is 10.1 Å². The largest absolute Gasteiger partial charge is 0.497 e. The number of hydrogen-bond donors (Lipinski definition) is 1. The van der Waals surface area contributed by atoms with Gasteiger partial charge in [-0.1, -0.05) is 11.3 Å². The van der Waals surface area contributed by atoms with Crippen LogP contribution in [0.2, 0.25) is 0 Å². The number of carbonyl (C=O) groups excluding carboxylic acids is 1. The number of ether oxygens (including phenoxy) is 1. The lowest BCUT2D eigenvalue weighted by atomic mass is 10.2. The number of nitro groups is 1. The number of nitrogens with one attached hydrogen (secondary N) is 1. The second-order valence-corrected chi connectivity index (χ2v) is 6.54. The number of thiazole rings is 1. The van der Waals surface area contributed by atoms with Gasteiger partial charge in [-0.05, 0) is 30.3 Å². The summed E-state index contributed by atoms with van der Waals surface area (Å²) in [6.07, 6.45) is 0. The van der Waals surface area contributed by atoms with Gasteiger partial charge in [0.15, 0.2) is 5.13 Å². The van der Waals surface area contributed by atoms with Crippen molar-refractivity contribution in [2.24, 2.45) is 0 Å². The van der Waals surface area contributed by atoms with E-state index in [0.717, 1.165) is 28.3 Å². The molecule has 3 rings (SSSR count). The quantitative estimate of drug-likeness (QED) is 0.547. The molecule has 1 amide bonds. The third-order valence-corrected chi connectivity index (χ3v) is 4.90. The van der Waals surface area contributed by atoms with Gasteiger partial charge in [0, 0.05) is 17.0 Å². The van der Waals surface area contributed by atoms with Gasteiger partial charge in [0.2, 0.25) is 0 Å². The second-order valence-electron chi connectivity index (χ2n) is 4.62. The molecule has 2 aromatic heterocycles. The summed E-state index contributed by atoms with van der Waals surface area (Å²) in [5.74, 6) is 0.338. The summed E-state index contributed by atoms with van der Waals surface area (Å²) in [6.45, 7) is 0. The number of anilines is 1. The summed E-state index contributed by atoms with van der Waals surface area (Å²) < 4.78 is 5.11. The van der Waals surface area contributed by atoms with Crippen molar-refractivity contribution in [2.45, 2.75) is 0 Å². The SMILES string of the molecule is COc1ccc(-c2csc(NC(=O)c3ccc([N+](=O)[O-])s3)n2)cc1. The van der Waals surface area contributed by atoms with Crippen LogP contribution < -0.4 is 10.1 Å². The Kier molecular flexibility index (Phi) is 4.54. The molecular formula is C15H11N3O4S2. The van der Waals surface area contributed by atoms with Crippen LogP contribution in [0.1, 0.15) is 9.67 Å². The third-order valence-electron chi connectivity index (χ3n) is 3.11. The Labute approximate surface area is 144 Å². The van der Waals surface area contributed by atoms with Gasteiger partial charge in [-0.2, -0.15) is 0 Å². The highest BCUT2D eigenvalue weighted by Gasteiger charge is 2.16. The fraction of sp³-hybridized carbons (Fsp3) is 0.0667. The maximum absolute atomic E-state index is 12.1. The molecule has 0 atom stereocenters. The summed E-state index contributed by atoms with van der Waals surface area (Å²) in [6, 6.07) is 10.2. The normalized spacial score (nSPS) is 10.4. The minimum absolute atomic E-state index is 0.0711. The van der Waals surface area contributed by atoms with Crippen LogP contribution in [-0.4, -0.2) is 22.9 Å². The van der Waals surface area contributed by atoms with Gasteiger partial charge in [-0.25, -0.2) is 4.98 Å². The lowest BCUT2D eigenvalue weighted by molar-refractivity contribution is -0.380. The van der Waals surface area contributed by atoms with Gasteiger partial charge in [-0.15, -0.1) is 11.3 Å². The standard InChI is InChI=1S/C15H11N3O4S2/c1-22-10-4-2-9(3-5-10)11-8-23-15(16-11)17-14(19)12-6-7-13(24-12)18(20)21/h2-8H,1H3,(H,16,17,19). The highest BCUT2D eigenvalue weighted by atomic mass is 32.1. The molecule has 24 heavy (non-hydrogen) atoms. The first kappa shape index (κ1) is 16.1. The molecular weight excluding hydrogens is 350 g/mol. The molecule has 3 aromatic rings. The van der Waals surface area contributed by atoms with Crippen molar-refractivity contribution < 1.29 is 14.5 Å². The van der Waals surface area contributed by atoms with Gasteiger partial charge < -0.3 is 4.74 Å². The van der Waals surface area contributed by atoms with Gasteiger partial charge in [0.1, 0.15) is 5.75 Å². The van der Waals surface area contributed by atoms with Crippen LogP contribution in [0.25, 0.3) is 11.3 Å². The number of thiophene rings is 1. The highest BCUT2D eigenvalue weighted by molar-refractivity contribution is 7.17. The number of aromatic nitrogens is 1. The van der Waals surface area contributed by atoms with Gasteiger partial charge in [0.25, 0.3) is 5.91 Å². The molecule has 122 valence electrons. The third kappa shape index (κ3) is 3.42. The van der Waals surface area contributed by atoms with E-state index in [0.29, 0.717) is 5.13 Å². The van der Waals surface area contributed by atoms with Crippen LogP contribution >= 0.6 is 22.7 Å². The van der Waals surface area contributed by atoms with Crippen molar-refractivity contribution in [3.8, 4) is 17.0 Å². The predicted octanol–water partition coefficient (Wildman–Crippen LogP) is 4.04. The zero-order valence-corrected chi connectivity index (χ0v) is 14.0. The topological polar surface area (TPSA) is 94.4 Å². The number of rotatable bonds is 5. The maximum atomic E-state index is 12.1. The van der Waals surface area contributed by atoms with E-state index < -0.39 is 10.8 Å². The maximum Gasteiger partial charge on any atom is 0.324 e. The van der Waals surface area contributed by atoms with E-state index in [9.17, 15) is 14.9 Å². The molecule has 1 aromatic carbocycles. The van der Waals surface area contributed by atoms with E-state index in [-0.39, 0.29) is 9.88 Å². The first-order valence-corrected chi connectivity index (χ1v) is 8.42. The number of nitrogens with zero attached hydrogens (tertiary/aromatic N) is 2. The predicted molar refractivity (Wildman–Crippen MR) is 93.0 cm³/mol. The summed E-state index contributed by atoms with van der Waals surface area (Å²) in [7, 11) is 1.60. The van der Waals surface area contributed by atoms with E-state index in [1.54, 1.807) is 7.11 Å². The van der Waals surface area contributed by atoms with Crippen LogP contribution in [-0.2, 0) is 0 Å². The molecule has 0 bridgehead atoms. The molecule has 0 aliphatic heterocycles. The Hall–Kier alpha value is -2.78. The molecule has 1 N–H and O–H groups in total. The Morgan fingerprint density at radius 2 is 2.00 bits per heavy atom. The molecule has 2 heterocycles. The molecule has 0 saturated heterocycles. The Morgan fingerprint density at radius 3 is 2.62 bits per heavy atom. The lowest BCUT2D eigenvalue weighted by Crippen LogP contribution is -2.09. The number of methoxy groups -OCH3 is 1. The number of benzene rings is 1. The van der Waals surface area contributed by atoms with Gasteiger partial charge in [0.05, 0.1) is 22.6 Å². The van der Waals surface area contributed by atoms with E-state index in [1.807, 2.05) is 29.6 Å². The van der Waals surface area contributed by atoms with Crippen molar-refractivity contribution in [1.29, 1.82) is 0 Å².